The Kier molecular flexibility index (Phi) is 6.14. The van der Waals surface area contributed by atoms with E-state index in [2.05, 4.69) is 5.32 Å². The van der Waals surface area contributed by atoms with E-state index in [4.69, 9.17) is 9.47 Å². The maximum Gasteiger partial charge on any atom is 0.223 e. The predicted octanol–water partition coefficient (Wildman–Crippen LogP) is 2.10. The summed E-state index contributed by atoms with van der Waals surface area (Å²) in [5.74, 6) is 0.114. The van der Waals surface area contributed by atoms with Crippen LogP contribution in [0, 0.1) is 11.7 Å². The Morgan fingerprint density at radius 3 is 2.76 bits per heavy atom. The van der Waals surface area contributed by atoms with Crippen LogP contribution in [0.25, 0.3) is 0 Å². The number of carbonyl (C=O) groups is 1. The molecule has 0 heterocycles. The Balaban J connectivity index is 1.59. The van der Waals surface area contributed by atoms with Crippen LogP contribution < -0.4 is 5.32 Å². The van der Waals surface area contributed by atoms with E-state index in [0.29, 0.717) is 26.4 Å². The number of rotatable bonds is 9. The van der Waals surface area contributed by atoms with E-state index in [1.165, 1.54) is 12.1 Å². The molecule has 1 fully saturated rings. The first-order valence-corrected chi connectivity index (χ1v) is 7.32. The third kappa shape index (κ3) is 5.10. The predicted molar refractivity (Wildman–Crippen MR) is 77.6 cm³/mol. The Labute approximate surface area is 124 Å². The van der Waals surface area contributed by atoms with Crippen LogP contribution in [-0.2, 0) is 14.3 Å². The van der Waals surface area contributed by atoms with Gasteiger partial charge in [-0.05, 0) is 36.5 Å². The van der Waals surface area contributed by atoms with E-state index in [1.807, 2.05) is 0 Å². The van der Waals surface area contributed by atoms with Gasteiger partial charge in [0.2, 0.25) is 5.91 Å². The molecular weight excluding hydrogens is 273 g/mol. The summed E-state index contributed by atoms with van der Waals surface area (Å²) in [6, 6.07) is 6.41. The molecule has 1 amide bonds. The fourth-order valence-electron chi connectivity index (χ4n) is 2.32. The number of halogens is 1. The van der Waals surface area contributed by atoms with Crippen molar-refractivity contribution < 1.29 is 18.7 Å². The van der Waals surface area contributed by atoms with Gasteiger partial charge < -0.3 is 14.8 Å². The zero-order valence-electron chi connectivity index (χ0n) is 12.3. The number of benzene rings is 1. The lowest BCUT2D eigenvalue weighted by molar-refractivity contribution is -0.122. The highest BCUT2D eigenvalue weighted by molar-refractivity contribution is 5.82. The molecular formula is C16H22FNO3. The van der Waals surface area contributed by atoms with Gasteiger partial charge in [-0.2, -0.15) is 0 Å². The topological polar surface area (TPSA) is 47.6 Å². The molecule has 0 aromatic heterocycles. The van der Waals surface area contributed by atoms with Crippen LogP contribution in [0.1, 0.15) is 24.3 Å². The molecule has 0 saturated heterocycles. The monoisotopic (exact) mass is 295 g/mol. The standard InChI is InChI=1S/C16H22FNO3/c1-20-9-10-21-8-2-7-18-16(19)15-11-14(15)12-3-5-13(17)6-4-12/h3-6,14-15H,2,7-11H2,1H3,(H,18,19). The lowest BCUT2D eigenvalue weighted by atomic mass is 10.1. The molecule has 21 heavy (non-hydrogen) atoms. The summed E-state index contributed by atoms with van der Waals surface area (Å²) in [7, 11) is 1.64. The van der Waals surface area contributed by atoms with E-state index in [-0.39, 0.29) is 23.6 Å². The number of nitrogens with one attached hydrogen (secondary N) is 1. The number of methoxy groups -OCH3 is 1. The average Bonchev–Trinajstić information content (AvgIpc) is 3.27. The molecule has 1 aliphatic rings. The lowest BCUT2D eigenvalue weighted by Gasteiger charge is -2.06. The van der Waals surface area contributed by atoms with Gasteiger partial charge in [0.25, 0.3) is 0 Å². The minimum absolute atomic E-state index is 0.0323. The fraction of sp³-hybridized carbons (Fsp3) is 0.562. The van der Waals surface area contributed by atoms with E-state index < -0.39 is 0 Å². The summed E-state index contributed by atoms with van der Waals surface area (Å²) in [6.07, 6.45) is 1.64. The minimum Gasteiger partial charge on any atom is -0.382 e. The van der Waals surface area contributed by atoms with Crippen molar-refractivity contribution in [2.75, 3.05) is 33.5 Å². The molecule has 0 aliphatic heterocycles. The van der Waals surface area contributed by atoms with E-state index in [0.717, 1.165) is 18.4 Å². The summed E-state index contributed by atoms with van der Waals surface area (Å²) in [5, 5.41) is 2.92. The van der Waals surface area contributed by atoms with Gasteiger partial charge in [0.1, 0.15) is 5.82 Å². The van der Waals surface area contributed by atoms with Crippen molar-refractivity contribution in [2.24, 2.45) is 5.92 Å². The van der Waals surface area contributed by atoms with Gasteiger partial charge in [-0.3, -0.25) is 4.79 Å². The molecule has 1 N–H and O–H groups in total. The van der Waals surface area contributed by atoms with Crippen LogP contribution in [0.4, 0.5) is 4.39 Å². The molecule has 0 radical (unpaired) electrons. The Hall–Kier alpha value is -1.46. The number of carbonyl (C=O) groups excluding carboxylic acids is 1. The van der Waals surface area contributed by atoms with Crippen molar-refractivity contribution in [1.82, 2.24) is 5.32 Å². The third-order valence-corrected chi connectivity index (χ3v) is 3.62. The van der Waals surface area contributed by atoms with Crippen molar-refractivity contribution in [3.63, 3.8) is 0 Å². The second-order valence-corrected chi connectivity index (χ2v) is 5.25. The zero-order valence-corrected chi connectivity index (χ0v) is 12.3. The van der Waals surface area contributed by atoms with Crippen LogP contribution in [0.5, 0.6) is 0 Å². The molecule has 1 saturated carbocycles. The minimum atomic E-state index is -0.242. The summed E-state index contributed by atoms with van der Waals surface area (Å²) >= 11 is 0. The Morgan fingerprint density at radius 1 is 1.29 bits per heavy atom. The van der Waals surface area contributed by atoms with Crippen LogP contribution >= 0.6 is 0 Å². The van der Waals surface area contributed by atoms with Crippen molar-refractivity contribution in [2.45, 2.75) is 18.8 Å². The molecule has 2 atom stereocenters. The molecule has 0 bridgehead atoms. The van der Waals surface area contributed by atoms with Crippen LogP contribution in [0.15, 0.2) is 24.3 Å². The summed E-state index contributed by atoms with van der Waals surface area (Å²) in [4.78, 5) is 11.9. The molecule has 4 nitrogen and oxygen atoms in total. The third-order valence-electron chi connectivity index (χ3n) is 3.62. The second kappa shape index (κ2) is 8.10. The molecule has 0 spiro atoms. The van der Waals surface area contributed by atoms with Crippen molar-refractivity contribution in [3.8, 4) is 0 Å². The first-order valence-electron chi connectivity index (χ1n) is 7.32. The number of amides is 1. The van der Waals surface area contributed by atoms with Gasteiger partial charge in [-0.25, -0.2) is 4.39 Å². The summed E-state index contributed by atoms with van der Waals surface area (Å²) < 4.78 is 23.0. The maximum atomic E-state index is 12.8. The average molecular weight is 295 g/mol. The smallest absolute Gasteiger partial charge is 0.223 e. The largest absolute Gasteiger partial charge is 0.382 e. The normalized spacial score (nSPS) is 20.3. The van der Waals surface area contributed by atoms with Crippen LogP contribution in [-0.4, -0.2) is 39.4 Å². The highest BCUT2D eigenvalue weighted by Gasteiger charge is 2.43. The molecule has 116 valence electrons. The summed E-state index contributed by atoms with van der Waals surface area (Å²) in [6.45, 7) is 2.42. The van der Waals surface area contributed by atoms with E-state index >= 15 is 0 Å². The number of ether oxygens (including phenoxy) is 2. The molecule has 1 aliphatic carbocycles. The lowest BCUT2D eigenvalue weighted by Crippen LogP contribution is -2.27. The molecule has 1 aromatic rings. The second-order valence-electron chi connectivity index (χ2n) is 5.25. The van der Waals surface area contributed by atoms with Gasteiger partial charge >= 0.3 is 0 Å². The molecule has 2 unspecified atom stereocenters. The molecule has 2 rings (SSSR count). The quantitative estimate of drug-likeness (QED) is 0.710. The van der Waals surface area contributed by atoms with E-state index in [1.54, 1.807) is 19.2 Å². The molecule has 5 heteroatoms. The molecule has 1 aromatic carbocycles. The zero-order chi connectivity index (χ0) is 15.1. The van der Waals surface area contributed by atoms with E-state index in [9.17, 15) is 9.18 Å². The maximum absolute atomic E-state index is 12.8. The Morgan fingerprint density at radius 2 is 2.05 bits per heavy atom. The Bertz CT molecular complexity index is 449. The highest BCUT2D eigenvalue weighted by Crippen LogP contribution is 2.47. The number of hydrogen-bond donors (Lipinski definition) is 1. The summed E-state index contributed by atoms with van der Waals surface area (Å²) in [5.41, 5.74) is 1.04. The van der Waals surface area contributed by atoms with Crippen LogP contribution in [0.2, 0.25) is 0 Å². The first-order chi connectivity index (χ1) is 10.2. The van der Waals surface area contributed by atoms with Crippen molar-refractivity contribution >= 4 is 5.91 Å². The number of hydrogen-bond acceptors (Lipinski definition) is 3. The highest BCUT2D eigenvalue weighted by atomic mass is 19.1. The van der Waals surface area contributed by atoms with Gasteiger partial charge in [0, 0.05) is 26.2 Å². The fourth-order valence-corrected chi connectivity index (χ4v) is 2.32. The van der Waals surface area contributed by atoms with Crippen molar-refractivity contribution in [1.29, 1.82) is 0 Å². The SMILES string of the molecule is COCCOCCCNC(=O)C1CC1c1ccc(F)cc1. The van der Waals surface area contributed by atoms with Gasteiger partial charge in [-0.1, -0.05) is 12.1 Å². The van der Waals surface area contributed by atoms with Crippen molar-refractivity contribution in [3.05, 3.63) is 35.6 Å². The van der Waals surface area contributed by atoms with Crippen LogP contribution in [0.3, 0.4) is 0 Å². The van der Waals surface area contributed by atoms with Gasteiger partial charge in [-0.15, -0.1) is 0 Å². The van der Waals surface area contributed by atoms with Gasteiger partial charge in [0.05, 0.1) is 13.2 Å². The van der Waals surface area contributed by atoms with Gasteiger partial charge in [0.15, 0.2) is 0 Å². The first kappa shape index (κ1) is 15.9.